The molecule has 0 unspecified atom stereocenters. The predicted octanol–water partition coefficient (Wildman–Crippen LogP) is 10.7. The highest BCUT2D eigenvalue weighted by atomic mass is 35.5. The molecule has 72 heavy (non-hydrogen) atoms. The van der Waals surface area contributed by atoms with Gasteiger partial charge in [0.15, 0.2) is 24.6 Å². The number of aryl methyl sites for hydroxylation is 4. The Kier molecular flexibility index (Phi) is 22.6. The monoisotopic (exact) mass is 1070 g/mol. The van der Waals surface area contributed by atoms with Crippen LogP contribution in [-0.4, -0.2) is 103 Å². The fourth-order valence-electron chi connectivity index (χ4n) is 6.10. The van der Waals surface area contributed by atoms with Crippen LogP contribution < -0.4 is 0 Å². The second-order valence-corrected chi connectivity index (χ2v) is 18.7. The molecule has 0 fully saturated rings. The number of esters is 4. The van der Waals surface area contributed by atoms with Gasteiger partial charge in [0.2, 0.25) is 0 Å². The van der Waals surface area contributed by atoms with Crippen molar-refractivity contribution in [2.45, 2.75) is 70.2 Å². The molecule has 5 aromatic carbocycles. The second kappa shape index (κ2) is 28.0. The molecule has 0 aliphatic heterocycles. The highest BCUT2D eigenvalue weighted by Crippen LogP contribution is 2.34. The van der Waals surface area contributed by atoms with Gasteiger partial charge in [-0.05, 0) is 88.4 Å². The first-order valence-corrected chi connectivity index (χ1v) is 24.2. The molecule has 0 aliphatic rings. The third-order valence-corrected chi connectivity index (χ3v) is 12.7. The van der Waals surface area contributed by atoms with Gasteiger partial charge >= 0.3 is 23.9 Å². The van der Waals surface area contributed by atoms with Gasteiger partial charge in [-0.15, -0.1) is 0 Å². The fraction of sp³-hybridized carbons (Fsp3) is 0.294. The van der Waals surface area contributed by atoms with Crippen LogP contribution in [0.15, 0.2) is 124 Å². The molecule has 5 rings (SSSR count). The summed E-state index contributed by atoms with van der Waals surface area (Å²) < 4.78 is 83.6. The Balaban J connectivity index is 0.000000331. The van der Waals surface area contributed by atoms with Crippen molar-refractivity contribution < 1.29 is 69.2 Å². The number of carbonyl (C=O) groups excluding carboxylic acids is 4. The van der Waals surface area contributed by atoms with E-state index in [1.807, 2.05) is 20.8 Å². The number of benzene rings is 5. The van der Waals surface area contributed by atoms with E-state index in [9.17, 15) is 32.0 Å². The lowest BCUT2D eigenvalue weighted by Crippen LogP contribution is -2.45. The molecule has 15 nitrogen and oxygen atoms in total. The quantitative estimate of drug-likeness (QED) is 0.0169. The maximum atomic E-state index is 15.5. The number of oxime groups is 2. The minimum absolute atomic E-state index is 0.0336. The fourth-order valence-corrected chi connectivity index (χ4v) is 8.15. The normalized spacial score (nSPS) is 13.9. The van der Waals surface area contributed by atoms with Crippen molar-refractivity contribution in [1.82, 2.24) is 0 Å². The van der Waals surface area contributed by atoms with Gasteiger partial charge in [-0.1, -0.05) is 123 Å². The van der Waals surface area contributed by atoms with Crippen molar-refractivity contribution in [3.05, 3.63) is 169 Å². The van der Waals surface area contributed by atoms with Gasteiger partial charge in [-0.2, -0.15) is 8.42 Å². The molecule has 0 aliphatic carbocycles. The Morgan fingerprint density at radius 3 is 1.29 bits per heavy atom. The van der Waals surface area contributed by atoms with E-state index in [4.69, 9.17) is 57.9 Å². The summed E-state index contributed by atoms with van der Waals surface area (Å²) in [7, 11) is -2.43. The summed E-state index contributed by atoms with van der Waals surface area (Å²) in [5.74, 6) is -3.74. The van der Waals surface area contributed by atoms with Gasteiger partial charge in [0.1, 0.15) is 31.8 Å². The van der Waals surface area contributed by atoms with Gasteiger partial charge in [0.05, 0.1) is 56.4 Å². The van der Waals surface area contributed by atoms with Crippen LogP contribution in [0.25, 0.3) is 0 Å². The minimum atomic E-state index is -4.85. The Morgan fingerprint density at radius 1 is 0.542 bits per heavy atom. The molecule has 6 atom stereocenters. The zero-order chi connectivity index (χ0) is 53.1. The number of nitrogens with zero attached hydrogens (tertiary/aromatic N) is 2. The van der Waals surface area contributed by atoms with Crippen molar-refractivity contribution in [2.24, 2.45) is 16.2 Å². The zero-order valence-electron chi connectivity index (χ0n) is 39.9. The number of alkyl halides is 2. The first kappa shape index (κ1) is 58.1. The predicted molar refractivity (Wildman–Crippen MR) is 267 cm³/mol. The van der Waals surface area contributed by atoms with Crippen LogP contribution in [0.1, 0.15) is 70.6 Å². The Labute approximate surface area is 431 Å². The summed E-state index contributed by atoms with van der Waals surface area (Å²) in [6.07, 6.45) is -7.67. The average molecular weight is 1080 g/mol. The molecule has 0 spiro atoms. The van der Waals surface area contributed by atoms with Gasteiger partial charge in [-0.3, -0.25) is 4.18 Å². The number of hydrogen-bond acceptors (Lipinski definition) is 15. The van der Waals surface area contributed by atoms with E-state index in [1.165, 1.54) is 31.4 Å². The van der Waals surface area contributed by atoms with Crippen LogP contribution in [0.4, 0.5) is 8.78 Å². The van der Waals surface area contributed by atoms with E-state index in [1.54, 1.807) is 86.6 Å². The molecule has 0 N–H and O–H groups in total. The van der Waals surface area contributed by atoms with Crippen molar-refractivity contribution in [2.75, 3.05) is 27.4 Å². The molecule has 5 aromatic rings. The van der Waals surface area contributed by atoms with E-state index < -0.39 is 82.1 Å². The van der Waals surface area contributed by atoms with Gasteiger partial charge < -0.3 is 28.6 Å². The lowest BCUT2D eigenvalue weighted by Gasteiger charge is -2.27. The van der Waals surface area contributed by atoms with Crippen molar-refractivity contribution in [3.63, 3.8) is 0 Å². The average Bonchev–Trinajstić information content (AvgIpc) is 3.35. The molecule has 384 valence electrons. The third kappa shape index (κ3) is 17.7. The zero-order valence-corrected chi connectivity index (χ0v) is 43.0. The number of halogens is 5. The molecule has 0 saturated carbocycles. The lowest BCUT2D eigenvalue weighted by atomic mass is 10.0. The van der Waals surface area contributed by atoms with Crippen LogP contribution in [0.2, 0.25) is 15.1 Å². The van der Waals surface area contributed by atoms with E-state index in [0.29, 0.717) is 17.3 Å². The smallest absolute Gasteiger partial charge is 0.338 e. The topological polar surface area (TPSA) is 192 Å². The van der Waals surface area contributed by atoms with Gasteiger partial charge in [-0.25, -0.2) is 28.0 Å². The summed E-state index contributed by atoms with van der Waals surface area (Å²) in [4.78, 5) is 58.8. The van der Waals surface area contributed by atoms with E-state index >= 15 is 4.39 Å². The van der Waals surface area contributed by atoms with Crippen molar-refractivity contribution in [1.29, 1.82) is 0 Å². The highest BCUT2D eigenvalue weighted by Gasteiger charge is 2.40. The summed E-state index contributed by atoms with van der Waals surface area (Å²) in [6, 6.07) is 28.0. The van der Waals surface area contributed by atoms with Crippen LogP contribution in [0, 0.1) is 33.6 Å². The molecule has 0 bridgehead atoms. The molecular formula is C51H51Cl3F2N2O13S. The summed E-state index contributed by atoms with van der Waals surface area (Å²) in [5.41, 5.74) is 4.55. The van der Waals surface area contributed by atoms with Gasteiger partial charge in [0.25, 0.3) is 10.1 Å². The van der Waals surface area contributed by atoms with E-state index in [0.717, 1.165) is 47.7 Å². The number of hydrogen-bond donors (Lipinski definition) is 0. The molecular weight excluding hydrogens is 1020 g/mol. The summed E-state index contributed by atoms with van der Waals surface area (Å²) >= 11 is 18.0. The van der Waals surface area contributed by atoms with Crippen molar-refractivity contribution in [3.8, 4) is 0 Å². The first-order valence-electron chi connectivity index (χ1n) is 21.7. The third-order valence-electron chi connectivity index (χ3n) is 10.2. The largest absolute Gasteiger partial charge is 0.462 e. The molecule has 0 saturated heterocycles. The highest BCUT2D eigenvalue weighted by molar-refractivity contribution is 7.87. The molecule has 0 aromatic heterocycles. The summed E-state index contributed by atoms with van der Waals surface area (Å²) in [6.45, 7) is 8.02. The maximum Gasteiger partial charge on any atom is 0.338 e. The van der Waals surface area contributed by atoms with Gasteiger partial charge in [0, 0.05) is 5.92 Å². The molecule has 21 heteroatoms. The van der Waals surface area contributed by atoms with Crippen molar-refractivity contribution >= 4 is 81.2 Å². The number of carbonyl (C=O) groups is 4. The van der Waals surface area contributed by atoms with E-state index in [-0.39, 0.29) is 32.8 Å². The maximum absolute atomic E-state index is 15.5. The first-order chi connectivity index (χ1) is 34.1. The molecule has 0 heterocycles. The number of ether oxygens (including phenoxy) is 4. The Bertz CT molecular complexity index is 2790. The SMILES string of the molecule is CON=C[C@@H](F)[C@@H](OC(=O)c1ccc(C)cc1)[C@@H](C)COC(=O)c1ccc(C)cc1.CON=C[C@@H](F)[C@H](OC(=O)c1ccc(C)cc1)[C@@H](COC(=O)c1ccc(C)cc1)OS(=O)(=O)c1cc(Cl)c(Cl)cc1Cl. The van der Waals surface area contributed by atoms with Crippen LogP contribution in [0.5, 0.6) is 0 Å². The standard InChI is InChI=1S/C28H25Cl3FNO8S.C23H26FNO5/c1-16-4-8-18(9-5-16)27(34)39-15-24(41-42(36,37)25-13-21(30)20(29)12-22(25)31)26(23(32)14-33-38-3)40-28(35)19-10-6-17(2)7-11-19;1-15-5-9-18(10-6-15)22(26)29-14-17(3)21(20(24)13-25-28-4)30-23(27)19-11-7-16(2)8-12-19/h4-14,23-24,26H,15H2,1-3H3;5-13,17,20-21H,14H2,1-4H3/t23-,24-,26+;17-,20+,21-/m10/s1. The Morgan fingerprint density at radius 2 is 0.889 bits per heavy atom. The minimum Gasteiger partial charge on any atom is -0.462 e. The molecule has 0 radical (unpaired) electrons. The number of rotatable bonds is 21. The second-order valence-electron chi connectivity index (χ2n) is 15.9. The Hall–Kier alpha value is -6.44. The van der Waals surface area contributed by atoms with Crippen LogP contribution in [-0.2, 0) is 42.9 Å². The van der Waals surface area contributed by atoms with E-state index in [2.05, 4.69) is 20.0 Å². The lowest BCUT2D eigenvalue weighted by molar-refractivity contribution is -0.0478. The summed E-state index contributed by atoms with van der Waals surface area (Å²) in [5, 5.41) is 6.22. The molecule has 0 amide bonds. The van der Waals surface area contributed by atoms with Crippen LogP contribution >= 0.6 is 34.8 Å². The van der Waals surface area contributed by atoms with Crippen LogP contribution in [0.3, 0.4) is 0 Å².